The molecule has 0 spiro atoms. The van der Waals surface area contributed by atoms with Gasteiger partial charge in [-0.25, -0.2) is 19.6 Å². The molecule has 0 heterocycles. The zero-order valence-corrected chi connectivity index (χ0v) is 38.2. The summed E-state index contributed by atoms with van der Waals surface area (Å²) in [5, 5.41) is 24.3. The first-order chi connectivity index (χ1) is 34.4. The number of isocyanates is 2. The molecule has 0 saturated heterocycles. The van der Waals surface area contributed by atoms with Gasteiger partial charge in [-0.2, -0.15) is 28.6 Å². The SMILES string of the molecule is O=C=Nc1ccc(Cc2cc(Cc3ccc(NC(=O)OCc4c/c(=N\Nc5ccc(S(=O)(=O)O)c6ccccc56)c(=O)/c(=N/Nc5ccc(SOOO)c6ccccc56)c4=O)cc3)ccc2N=C=O)cc1. The Hall–Kier alpha value is -8.75. The van der Waals surface area contributed by atoms with E-state index in [1.165, 1.54) is 24.3 Å². The number of carbonyl (C=O) groups excluding carboxylic acids is 3. The van der Waals surface area contributed by atoms with Gasteiger partial charge in [0.1, 0.15) is 16.9 Å². The summed E-state index contributed by atoms with van der Waals surface area (Å²) < 4.78 is 44.1. The van der Waals surface area contributed by atoms with Crippen LogP contribution >= 0.6 is 12.0 Å². The highest BCUT2D eigenvalue weighted by atomic mass is 32.2. The predicted molar refractivity (Wildman–Crippen MR) is 262 cm³/mol. The molecule has 1 amide bonds. The van der Waals surface area contributed by atoms with Gasteiger partial charge in [0, 0.05) is 32.3 Å². The standard InChI is InChI=1S/C50H35N7O12S2/c58-28-51-35-14-9-31(10-15-35)24-33-25-32(13-18-41(33)52-29-59)23-30-11-16-36(17-12-30)53-50(62)67-27-34-26-44(56-54-43-20-22-46(71(64,65)66)40-8-4-2-6-38(40)43)49(61)47(48(34)60)57-55-42-19-21-45(70-69-68-63)39-7-3-1-5-37(39)42/h1-22,25-26,54-55,63H,23-24,27H2,(H,53,62)(H,64,65,66)/b56-44+,57-47+. The maximum Gasteiger partial charge on any atom is 0.411 e. The Bertz CT molecular complexity index is 3800. The lowest BCUT2D eigenvalue weighted by molar-refractivity contribution is -0.432. The van der Waals surface area contributed by atoms with Gasteiger partial charge in [-0.05, 0) is 101 Å². The number of aliphatic imine (C=N–C) groups is 2. The third kappa shape index (κ3) is 11.8. The van der Waals surface area contributed by atoms with E-state index in [9.17, 15) is 36.9 Å². The highest BCUT2D eigenvalue weighted by molar-refractivity contribution is 7.94. The van der Waals surface area contributed by atoms with Crippen LogP contribution in [0.15, 0.2) is 185 Å². The minimum absolute atomic E-state index is 0.171. The van der Waals surface area contributed by atoms with Crippen LogP contribution < -0.4 is 37.7 Å². The fourth-order valence-electron chi connectivity index (χ4n) is 7.54. The van der Waals surface area contributed by atoms with E-state index in [-0.39, 0.29) is 26.9 Å². The average molecular weight is 990 g/mol. The molecule has 5 N–H and O–H groups in total. The van der Waals surface area contributed by atoms with E-state index in [2.05, 4.69) is 45.7 Å². The molecule has 19 nitrogen and oxygen atoms in total. The van der Waals surface area contributed by atoms with E-state index >= 15 is 0 Å². The minimum Gasteiger partial charge on any atom is -0.444 e. The maximum absolute atomic E-state index is 14.0. The first-order valence-corrected chi connectivity index (χ1v) is 23.1. The van der Waals surface area contributed by atoms with Crippen LogP contribution in [0.4, 0.5) is 33.2 Å². The van der Waals surface area contributed by atoms with Gasteiger partial charge in [-0.1, -0.05) is 90.0 Å². The lowest BCUT2D eigenvalue weighted by Gasteiger charge is -2.10. The number of ether oxygens (including phenoxy) is 1. The zero-order chi connectivity index (χ0) is 49.9. The molecule has 0 radical (unpaired) electrons. The fourth-order valence-corrected chi connectivity index (χ4v) is 8.73. The second-order valence-electron chi connectivity index (χ2n) is 15.3. The molecule has 71 heavy (non-hydrogen) atoms. The second kappa shape index (κ2) is 22.1. The van der Waals surface area contributed by atoms with Crippen molar-refractivity contribution in [2.24, 2.45) is 20.2 Å². The zero-order valence-electron chi connectivity index (χ0n) is 36.6. The first-order valence-electron chi connectivity index (χ1n) is 20.9. The van der Waals surface area contributed by atoms with Crippen LogP contribution in [0.2, 0.25) is 0 Å². The average Bonchev–Trinajstić information content (AvgIpc) is 3.37. The monoisotopic (exact) mass is 989 g/mol. The van der Waals surface area contributed by atoms with Gasteiger partial charge in [0.15, 0.2) is 5.36 Å². The molecule has 21 heteroatoms. The summed E-state index contributed by atoms with van der Waals surface area (Å²) in [6.45, 7) is -0.620. The largest absolute Gasteiger partial charge is 0.444 e. The van der Waals surface area contributed by atoms with Crippen molar-refractivity contribution in [3.05, 3.63) is 205 Å². The number of hydrogen-bond acceptors (Lipinski definition) is 18. The number of carbonyl (C=O) groups is 1. The molecule has 0 atom stereocenters. The maximum atomic E-state index is 14.0. The topological polar surface area (TPSA) is 273 Å². The van der Waals surface area contributed by atoms with Gasteiger partial charge in [0.2, 0.25) is 23.0 Å². The summed E-state index contributed by atoms with van der Waals surface area (Å²) in [7, 11) is -4.60. The third-order valence-electron chi connectivity index (χ3n) is 10.8. The normalized spacial score (nSPS) is 11.7. The summed E-state index contributed by atoms with van der Waals surface area (Å²) in [6, 6.07) is 39.6. The second-order valence-corrected chi connectivity index (χ2v) is 17.4. The molecule has 8 rings (SSSR count). The Labute approximate surface area is 405 Å². The summed E-state index contributed by atoms with van der Waals surface area (Å²) in [6.07, 6.45) is 3.11. The lowest BCUT2D eigenvalue weighted by Crippen LogP contribution is -2.50. The molecule has 0 aliphatic rings. The molecule has 0 fully saturated rings. The fraction of sp³-hybridized carbons (Fsp3) is 0.0600. The molecule has 0 aliphatic heterocycles. The van der Waals surface area contributed by atoms with Gasteiger partial charge in [0.25, 0.3) is 10.1 Å². The van der Waals surface area contributed by atoms with Crippen molar-refractivity contribution in [2.75, 3.05) is 16.2 Å². The van der Waals surface area contributed by atoms with E-state index < -0.39 is 39.0 Å². The van der Waals surface area contributed by atoms with Gasteiger partial charge >= 0.3 is 6.09 Å². The number of nitrogens with zero attached hydrogens (tertiary/aromatic N) is 4. The molecule has 0 bridgehead atoms. The molecule has 0 aromatic heterocycles. The molecule has 354 valence electrons. The van der Waals surface area contributed by atoms with Gasteiger partial charge in [0.05, 0.1) is 34.8 Å². The highest BCUT2D eigenvalue weighted by Crippen LogP contribution is 2.34. The lowest BCUT2D eigenvalue weighted by atomic mass is 9.97. The smallest absolute Gasteiger partial charge is 0.411 e. The van der Waals surface area contributed by atoms with Gasteiger partial charge in [-0.3, -0.25) is 30.3 Å². The molecular weight excluding hydrogens is 955 g/mol. The number of fused-ring (bicyclic) bond motifs is 2. The first kappa shape index (κ1) is 48.7. The van der Waals surface area contributed by atoms with Crippen LogP contribution in [-0.2, 0) is 53.3 Å². The van der Waals surface area contributed by atoms with Crippen molar-refractivity contribution in [2.45, 2.75) is 29.2 Å². The molecule has 0 unspecified atom stereocenters. The van der Waals surface area contributed by atoms with E-state index in [1.807, 2.05) is 24.3 Å². The van der Waals surface area contributed by atoms with Crippen molar-refractivity contribution < 1.29 is 46.7 Å². The Morgan fingerprint density at radius 1 is 0.648 bits per heavy atom. The van der Waals surface area contributed by atoms with E-state index in [0.29, 0.717) is 56.6 Å². The van der Waals surface area contributed by atoms with Crippen LogP contribution in [0.1, 0.15) is 27.8 Å². The number of benzene rings is 8. The summed E-state index contributed by atoms with van der Waals surface area (Å²) in [4.78, 5) is 70.5. The number of amides is 1. The summed E-state index contributed by atoms with van der Waals surface area (Å²) in [5.74, 6) is 0. The number of nitrogens with one attached hydrogen (secondary N) is 3. The molecule has 0 aliphatic carbocycles. The molecule has 0 saturated carbocycles. The molecular formula is C50H35N7O12S2. The summed E-state index contributed by atoms with van der Waals surface area (Å²) in [5.41, 5.74) is 8.99. The van der Waals surface area contributed by atoms with Crippen molar-refractivity contribution in [1.82, 2.24) is 0 Å². The van der Waals surface area contributed by atoms with Crippen molar-refractivity contribution in [1.29, 1.82) is 0 Å². The van der Waals surface area contributed by atoms with E-state index in [0.717, 1.165) is 40.4 Å². The van der Waals surface area contributed by atoms with Crippen molar-refractivity contribution in [3.8, 4) is 0 Å². The Kier molecular flexibility index (Phi) is 15.2. The number of anilines is 3. The summed E-state index contributed by atoms with van der Waals surface area (Å²) >= 11 is 0.741. The predicted octanol–water partition coefficient (Wildman–Crippen LogP) is 7.98. The minimum atomic E-state index is -4.60. The van der Waals surface area contributed by atoms with Crippen LogP contribution in [0.3, 0.4) is 0 Å². The molecule has 8 aromatic rings. The number of hydrogen-bond donors (Lipinski definition) is 5. The van der Waals surface area contributed by atoms with Crippen LogP contribution in [-0.4, -0.2) is 36.5 Å². The van der Waals surface area contributed by atoms with Crippen molar-refractivity contribution in [3.63, 3.8) is 0 Å². The van der Waals surface area contributed by atoms with E-state index in [4.69, 9.17) is 9.99 Å². The number of rotatable bonds is 17. The van der Waals surface area contributed by atoms with E-state index in [1.54, 1.807) is 103 Å². The quantitative estimate of drug-likeness (QED) is 0.0144. The Morgan fingerprint density at radius 2 is 1.27 bits per heavy atom. The molecule has 8 aromatic carbocycles. The van der Waals surface area contributed by atoms with Crippen LogP contribution in [0.25, 0.3) is 21.5 Å². The third-order valence-corrected chi connectivity index (χ3v) is 12.4. The van der Waals surface area contributed by atoms with Crippen LogP contribution in [0.5, 0.6) is 0 Å². The van der Waals surface area contributed by atoms with Crippen LogP contribution in [0, 0.1) is 0 Å². The van der Waals surface area contributed by atoms with Gasteiger partial charge in [-0.15, -0.1) is 4.33 Å². The Morgan fingerprint density at radius 3 is 1.96 bits per heavy atom. The van der Waals surface area contributed by atoms with Gasteiger partial charge < -0.3 is 4.74 Å². The highest BCUT2D eigenvalue weighted by Gasteiger charge is 2.17. The van der Waals surface area contributed by atoms with Crippen molar-refractivity contribution >= 4 is 90.4 Å². The Balaban J connectivity index is 1.03.